The molecule has 1 saturated heterocycles. The van der Waals surface area contributed by atoms with E-state index in [0.29, 0.717) is 42.3 Å². The Morgan fingerprint density at radius 1 is 1.00 bits per heavy atom. The van der Waals surface area contributed by atoms with Crippen molar-refractivity contribution in [3.05, 3.63) is 60.2 Å². The predicted octanol–water partition coefficient (Wildman–Crippen LogP) is 5.32. The number of amides is 3. The number of ether oxygens (including phenoxy) is 2. The van der Waals surface area contributed by atoms with Gasteiger partial charge in [0.25, 0.3) is 0 Å². The van der Waals surface area contributed by atoms with Crippen LogP contribution in [-0.2, 0) is 20.9 Å². The van der Waals surface area contributed by atoms with Crippen LogP contribution in [-0.4, -0.2) is 64.9 Å². The van der Waals surface area contributed by atoms with Crippen LogP contribution in [0.3, 0.4) is 0 Å². The van der Waals surface area contributed by atoms with E-state index in [9.17, 15) is 14.4 Å². The van der Waals surface area contributed by atoms with Gasteiger partial charge < -0.3 is 20.1 Å². The number of nitrogens with one attached hydrogen (secondary N) is 3. The zero-order valence-electron chi connectivity index (χ0n) is 24.4. The second kappa shape index (κ2) is 16.7. The predicted molar refractivity (Wildman–Crippen MR) is 168 cm³/mol. The van der Waals surface area contributed by atoms with Crippen LogP contribution in [0.1, 0.15) is 51.5 Å². The summed E-state index contributed by atoms with van der Waals surface area (Å²) in [6.07, 6.45) is 5.41. The fraction of sp³-hybridized carbons (Fsp3) is 0.516. The molecule has 3 N–H and O–H groups in total. The first-order valence-corrected chi connectivity index (χ1v) is 16.8. The Labute approximate surface area is 257 Å². The van der Waals surface area contributed by atoms with E-state index in [-0.39, 0.29) is 17.7 Å². The molecule has 42 heavy (non-hydrogen) atoms. The summed E-state index contributed by atoms with van der Waals surface area (Å²) in [5.74, 6) is 2.26. The van der Waals surface area contributed by atoms with Crippen LogP contribution in [0.4, 0.5) is 4.79 Å². The highest BCUT2D eigenvalue weighted by molar-refractivity contribution is 7.99. The summed E-state index contributed by atoms with van der Waals surface area (Å²) in [7, 11) is 0. The maximum atomic E-state index is 13.3. The zero-order chi connectivity index (χ0) is 29.7. The normalized spacial score (nSPS) is 18.0. The monoisotopic (exact) mass is 614 g/mol. The van der Waals surface area contributed by atoms with E-state index in [1.807, 2.05) is 68.4 Å². The lowest BCUT2D eigenvalue weighted by molar-refractivity contribution is -0.130. The quantitative estimate of drug-likeness (QED) is 0.260. The number of benzene rings is 2. The molecule has 2 atom stereocenters. The molecular formula is C31H42N4O5S2. The Hall–Kier alpha value is -2.89. The summed E-state index contributed by atoms with van der Waals surface area (Å²) in [4.78, 5) is 40.8. The molecule has 4 rings (SSSR count). The van der Waals surface area contributed by atoms with Crippen molar-refractivity contribution in [2.24, 2.45) is 5.92 Å². The number of carbonyl (C=O) groups excluding carboxylic acids is 3. The zero-order valence-corrected chi connectivity index (χ0v) is 26.0. The molecule has 228 valence electrons. The van der Waals surface area contributed by atoms with Gasteiger partial charge in [-0.1, -0.05) is 75.4 Å². The third-order valence-corrected chi connectivity index (χ3v) is 9.08. The summed E-state index contributed by atoms with van der Waals surface area (Å²) < 4.78 is 14.7. The molecule has 2 fully saturated rings. The second-order valence-corrected chi connectivity index (χ2v) is 12.9. The third kappa shape index (κ3) is 10.1. The lowest BCUT2D eigenvalue weighted by Crippen LogP contribution is -2.55. The van der Waals surface area contributed by atoms with E-state index < -0.39 is 18.2 Å². The molecule has 2 aromatic rings. The maximum Gasteiger partial charge on any atom is 0.411 e. The highest BCUT2D eigenvalue weighted by atomic mass is 32.2. The summed E-state index contributed by atoms with van der Waals surface area (Å²) in [5, 5.41) is 5.90. The van der Waals surface area contributed by atoms with Gasteiger partial charge in [0.15, 0.2) is 0 Å². The van der Waals surface area contributed by atoms with Gasteiger partial charge in [0.2, 0.25) is 11.8 Å². The Balaban J connectivity index is 1.34. The minimum absolute atomic E-state index is 0.200. The Morgan fingerprint density at radius 3 is 2.43 bits per heavy atom. The fourth-order valence-electron chi connectivity index (χ4n) is 4.69. The Morgan fingerprint density at radius 2 is 1.71 bits per heavy atom. The van der Waals surface area contributed by atoms with Gasteiger partial charge in [0, 0.05) is 24.1 Å². The highest BCUT2D eigenvalue weighted by Crippen LogP contribution is 2.24. The maximum absolute atomic E-state index is 13.3. The van der Waals surface area contributed by atoms with Crippen LogP contribution in [0, 0.1) is 5.92 Å². The van der Waals surface area contributed by atoms with Crippen LogP contribution >= 0.6 is 23.7 Å². The molecule has 0 spiro atoms. The van der Waals surface area contributed by atoms with E-state index in [1.165, 1.54) is 47.9 Å². The van der Waals surface area contributed by atoms with Crippen molar-refractivity contribution < 1.29 is 23.9 Å². The lowest BCUT2D eigenvalue weighted by atomic mass is 9.96. The van der Waals surface area contributed by atoms with Crippen molar-refractivity contribution >= 4 is 41.6 Å². The van der Waals surface area contributed by atoms with Gasteiger partial charge in [0.1, 0.15) is 23.6 Å². The van der Waals surface area contributed by atoms with Crippen LogP contribution in [0.25, 0.3) is 0 Å². The summed E-state index contributed by atoms with van der Waals surface area (Å²) in [6, 6.07) is 16.0. The van der Waals surface area contributed by atoms with Crippen molar-refractivity contribution in [3.63, 3.8) is 0 Å². The Kier molecular flexibility index (Phi) is 12.7. The summed E-state index contributed by atoms with van der Waals surface area (Å²) in [6.45, 7) is 4.53. The van der Waals surface area contributed by atoms with Gasteiger partial charge >= 0.3 is 6.09 Å². The van der Waals surface area contributed by atoms with Crippen molar-refractivity contribution in [3.8, 4) is 11.5 Å². The molecule has 0 unspecified atom stereocenters. The Bertz CT molecular complexity index is 1150. The van der Waals surface area contributed by atoms with E-state index in [2.05, 4.69) is 15.4 Å². The molecule has 9 nitrogen and oxygen atoms in total. The van der Waals surface area contributed by atoms with Crippen molar-refractivity contribution in [1.29, 1.82) is 0 Å². The minimum atomic E-state index is -0.765. The SMILES string of the molecule is CC(C)COC(=O)N1CSC[C@H]1C(=O)N[C@@H](CSNC1CCCCC1)C(=O)NCc1ccc(Oc2ccccc2)cc1. The van der Waals surface area contributed by atoms with E-state index in [0.717, 1.165) is 24.2 Å². The van der Waals surface area contributed by atoms with Crippen LogP contribution in [0.15, 0.2) is 54.6 Å². The summed E-state index contributed by atoms with van der Waals surface area (Å²) in [5.41, 5.74) is 0.910. The molecular weight excluding hydrogens is 572 g/mol. The topological polar surface area (TPSA) is 109 Å². The van der Waals surface area contributed by atoms with E-state index in [4.69, 9.17) is 9.47 Å². The van der Waals surface area contributed by atoms with Gasteiger partial charge in [-0.25, -0.2) is 4.79 Å². The number of para-hydroxylation sites is 1. The van der Waals surface area contributed by atoms with Crippen LogP contribution < -0.4 is 20.1 Å². The lowest BCUT2D eigenvalue weighted by Gasteiger charge is -2.26. The first-order valence-electron chi connectivity index (χ1n) is 14.7. The number of carbonyl (C=O) groups is 3. The number of rotatable bonds is 13. The highest BCUT2D eigenvalue weighted by Gasteiger charge is 2.37. The number of hydrogen-bond donors (Lipinski definition) is 3. The fourth-order valence-corrected chi connectivity index (χ4v) is 6.80. The molecule has 2 aromatic carbocycles. The van der Waals surface area contributed by atoms with Crippen LogP contribution in [0.5, 0.6) is 11.5 Å². The van der Waals surface area contributed by atoms with Gasteiger partial charge in [-0.2, -0.15) is 0 Å². The second-order valence-electron chi connectivity index (χ2n) is 11.1. The smallest absolute Gasteiger partial charge is 0.411 e. The number of hydrogen-bond acceptors (Lipinski definition) is 8. The molecule has 11 heteroatoms. The molecule has 3 amide bonds. The van der Waals surface area contributed by atoms with Crippen molar-refractivity contribution in [1.82, 2.24) is 20.3 Å². The van der Waals surface area contributed by atoms with Gasteiger partial charge in [-0.15, -0.1) is 11.8 Å². The first-order chi connectivity index (χ1) is 20.4. The molecule has 1 aliphatic heterocycles. The third-order valence-electron chi connectivity index (χ3n) is 7.07. The summed E-state index contributed by atoms with van der Waals surface area (Å²) >= 11 is 2.97. The van der Waals surface area contributed by atoms with Crippen molar-refractivity contribution in [2.75, 3.05) is 24.0 Å². The first kappa shape index (κ1) is 32.0. The number of thioether (sulfide) groups is 1. The van der Waals surface area contributed by atoms with Gasteiger partial charge in [-0.05, 0) is 48.6 Å². The molecule has 0 radical (unpaired) electrons. The van der Waals surface area contributed by atoms with Gasteiger partial charge in [-0.3, -0.25) is 19.2 Å². The number of nitrogens with zero attached hydrogens (tertiary/aromatic N) is 1. The van der Waals surface area contributed by atoms with Crippen molar-refractivity contribution in [2.45, 2.75) is 70.6 Å². The molecule has 2 aliphatic rings. The molecule has 1 saturated carbocycles. The largest absolute Gasteiger partial charge is 0.457 e. The molecule has 0 aromatic heterocycles. The standard InChI is InChI=1S/C31H42N4O5S2/c1-22(2)18-39-31(38)35-21-41-20-28(35)30(37)33-27(19-42-34-24-9-5-3-6-10-24)29(36)32-17-23-13-15-26(16-14-23)40-25-11-7-4-8-12-25/h4,7-8,11-16,22,24,27-28,34H,3,5-6,9-10,17-21H2,1-2H3,(H,32,36)(H,33,37)/t27-,28-/m0/s1. The molecule has 1 aliphatic carbocycles. The minimum Gasteiger partial charge on any atom is -0.457 e. The van der Waals surface area contributed by atoms with E-state index in [1.54, 1.807) is 0 Å². The van der Waals surface area contributed by atoms with Crippen LogP contribution in [0.2, 0.25) is 0 Å². The van der Waals surface area contributed by atoms with E-state index >= 15 is 0 Å². The molecule has 0 bridgehead atoms. The molecule has 1 heterocycles. The average Bonchev–Trinajstić information content (AvgIpc) is 3.50. The van der Waals surface area contributed by atoms with Gasteiger partial charge in [0.05, 0.1) is 12.5 Å². The average molecular weight is 615 g/mol.